The van der Waals surface area contributed by atoms with Gasteiger partial charge in [0.15, 0.2) is 0 Å². The van der Waals surface area contributed by atoms with Crippen LogP contribution in [0.15, 0.2) is 59.6 Å². The summed E-state index contributed by atoms with van der Waals surface area (Å²) in [6.07, 6.45) is -0.582. The number of alkyl halides is 4. The molecule has 0 radical (unpaired) electrons. The molecule has 0 aliphatic carbocycles. The Morgan fingerprint density at radius 2 is 1.86 bits per heavy atom. The lowest BCUT2D eigenvalue weighted by molar-refractivity contribution is -0.125. The molecule has 29 heavy (non-hydrogen) atoms. The van der Waals surface area contributed by atoms with Crippen LogP contribution in [-0.2, 0) is 11.2 Å². The standard InChI is InChI=1S/C20H19F4N3O2/c1-27(18(28)12-14-5-8-16(9-6-14)29-19(23)24)20(25)26-15-4-2-3-13(11-15)7-10-17(21)22/h2-11,17,19H,12H2,1H3,(H2,25,26)/b10-7+. The van der Waals surface area contributed by atoms with Gasteiger partial charge in [-0.2, -0.15) is 8.78 Å². The summed E-state index contributed by atoms with van der Waals surface area (Å²) in [6, 6.07) is 12.1. The second-order valence-electron chi connectivity index (χ2n) is 5.91. The molecule has 2 rings (SSSR count). The Bertz CT molecular complexity index is 884. The monoisotopic (exact) mass is 409 g/mol. The van der Waals surface area contributed by atoms with Crippen molar-refractivity contribution < 1.29 is 27.1 Å². The minimum Gasteiger partial charge on any atom is -0.435 e. The molecule has 2 aromatic rings. The second kappa shape index (κ2) is 10.3. The Morgan fingerprint density at radius 1 is 1.17 bits per heavy atom. The molecule has 0 saturated heterocycles. The van der Waals surface area contributed by atoms with Crippen molar-refractivity contribution in [2.24, 2.45) is 10.7 Å². The molecule has 2 aromatic carbocycles. The van der Waals surface area contributed by atoms with E-state index >= 15 is 0 Å². The molecule has 0 atom stereocenters. The molecule has 0 aliphatic rings. The predicted octanol–water partition coefficient (Wildman–Crippen LogP) is 4.21. The van der Waals surface area contributed by atoms with E-state index in [-0.39, 0.29) is 24.0 Å². The maximum Gasteiger partial charge on any atom is 0.387 e. The lowest BCUT2D eigenvalue weighted by Crippen LogP contribution is -2.39. The van der Waals surface area contributed by atoms with Crippen LogP contribution in [0.4, 0.5) is 23.2 Å². The number of likely N-dealkylation sites (N-methyl/N-ethyl adjacent to an activating group) is 1. The van der Waals surface area contributed by atoms with Crippen LogP contribution in [0.3, 0.4) is 0 Å². The van der Waals surface area contributed by atoms with E-state index in [1.807, 2.05) is 0 Å². The molecule has 0 heterocycles. The average Bonchev–Trinajstić information content (AvgIpc) is 2.67. The van der Waals surface area contributed by atoms with Crippen molar-refractivity contribution in [1.82, 2.24) is 4.90 Å². The molecule has 0 unspecified atom stereocenters. The minimum atomic E-state index is -2.92. The van der Waals surface area contributed by atoms with E-state index < -0.39 is 13.0 Å². The van der Waals surface area contributed by atoms with Crippen LogP contribution in [0.2, 0.25) is 0 Å². The third-order valence-electron chi connectivity index (χ3n) is 3.77. The molecule has 0 fully saturated rings. The number of hydrogen-bond acceptors (Lipinski definition) is 3. The quantitative estimate of drug-likeness (QED) is 0.423. The van der Waals surface area contributed by atoms with Gasteiger partial charge < -0.3 is 10.5 Å². The topological polar surface area (TPSA) is 67.9 Å². The highest BCUT2D eigenvalue weighted by Gasteiger charge is 2.14. The number of nitrogens with zero attached hydrogens (tertiary/aromatic N) is 2. The number of carbonyl (C=O) groups is 1. The lowest BCUT2D eigenvalue weighted by Gasteiger charge is -2.16. The van der Waals surface area contributed by atoms with E-state index in [0.717, 1.165) is 11.0 Å². The molecule has 154 valence electrons. The van der Waals surface area contributed by atoms with Gasteiger partial charge in [0.05, 0.1) is 12.1 Å². The fraction of sp³-hybridized carbons (Fsp3) is 0.200. The number of ether oxygens (including phenoxy) is 1. The Hall–Kier alpha value is -3.36. The smallest absolute Gasteiger partial charge is 0.387 e. The molecule has 1 amide bonds. The minimum absolute atomic E-state index is 0.00796. The Morgan fingerprint density at radius 3 is 2.48 bits per heavy atom. The number of aliphatic imine (C=N–C) groups is 1. The molecular weight excluding hydrogens is 390 g/mol. The van der Waals surface area contributed by atoms with Gasteiger partial charge in [0.2, 0.25) is 11.9 Å². The fourth-order valence-electron chi connectivity index (χ4n) is 2.30. The first-order chi connectivity index (χ1) is 13.7. The van der Waals surface area contributed by atoms with Gasteiger partial charge in [-0.1, -0.05) is 30.3 Å². The van der Waals surface area contributed by atoms with Crippen LogP contribution in [0.1, 0.15) is 11.1 Å². The van der Waals surface area contributed by atoms with Gasteiger partial charge in [0.25, 0.3) is 6.43 Å². The molecule has 9 heteroatoms. The first kappa shape index (κ1) is 21.9. The molecule has 0 spiro atoms. The third-order valence-corrected chi connectivity index (χ3v) is 3.77. The van der Waals surface area contributed by atoms with Gasteiger partial charge in [0, 0.05) is 7.05 Å². The highest BCUT2D eigenvalue weighted by molar-refractivity contribution is 5.97. The zero-order chi connectivity index (χ0) is 21.4. The number of allylic oxidation sites excluding steroid dienone is 1. The fourth-order valence-corrected chi connectivity index (χ4v) is 2.30. The van der Waals surface area contributed by atoms with E-state index in [1.54, 1.807) is 24.3 Å². The van der Waals surface area contributed by atoms with Gasteiger partial charge in [-0.15, -0.1) is 0 Å². The zero-order valence-electron chi connectivity index (χ0n) is 15.4. The van der Waals surface area contributed by atoms with Crippen molar-refractivity contribution in [3.8, 4) is 5.75 Å². The number of carbonyl (C=O) groups excluding carboxylic acids is 1. The van der Waals surface area contributed by atoms with Crippen molar-refractivity contribution in [1.29, 1.82) is 0 Å². The van der Waals surface area contributed by atoms with E-state index in [0.29, 0.717) is 16.8 Å². The van der Waals surface area contributed by atoms with E-state index in [9.17, 15) is 22.4 Å². The molecule has 2 N–H and O–H groups in total. The number of hydrogen-bond donors (Lipinski definition) is 1. The summed E-state index contributed by atoms with van der Waals surface area (Å²) in [4.78, 5) is 17.6. The first-order valence-corrected chi connectivity index (χ1v) is 8.45. The van der Waals surface area contributed by atoms with Crippen LogP contribution < -0.4 is 10.5 Å². The van der Waals surface area contributed by atoms with Crippen LogP contribution in [0.25, 0.3) is 6.08 Å². The SMILES string of the molecule is CN(C(=O)Cc1ccc(OC(F)F)cc1)C(N)=Nc1cccc(/C=C/C(F)F)c1. The summed E-state index contributed by atoms with van der Waals surface area (Å²) >= 11 is 0. The third kappa shape index (κ3) is 7.28. The summed E-state index contributed by atoms with van der Waals surface area (Å²) in [6.45, 7) is -2.92. The summed E-state index contributed by atoms with van der Waals surface area (Å²) in [5.74, 6) is -0.462. The van der Waals surface area contributed by atoms with E-state index in [2.05, 4.69) is 9.73 Å². The first-order valence-electron chi connectivity index (χ1n) is 8.45. The highest BCUT2D eigenvalue weighted by atomic mass is 19.3. The summed E-state index contributed by atoms with van der Waals surface area (Å²) in [5, 5.41) is 0. The van der Waals surface area contributed by atoms with Crippen molar-refractivity contribution in [3.05, 3.63) is 65.7 Å². The number of amides is 1. The summed E-state index contributed by atoms with van der Waals surface area (Å²) < 4.78 is 53.1. The van der Waals surface area contributed by atoms with Crippen LogP contribution in [0.5, 0.6) is 5.75 Å². The number of rotatable bonds is 7. The van der Waals surface area contributed by atoms with Gasteiger partial charge >= 0.3 is 6.61 Å². The van der Waals surface area contributed by atoms with Gasteiger partial charge in [-0.3, -0.25) is 9.69 Å². The maximum absolute atomic E-state index is 12.4. The molecule has 5 nitrogen and oxygen atoms in total. The Balaban J connectivity index is 2.04. The van der Waals surface area contributed by atoms with Gasteiger partial charge in [-0.25, -0.2) is 13.8 Å². The largest absolute Gasteiger partial charge is 0.435 e. The van der Waals surface area contributed by atoms with E-state index in [4.69, 9.17) is 5.73 Å². The molecule has 0 aromatic heterocycles. The maximum atomic E-state index is 12.4. The zero-order valence-corrected chi connectivity index (χ0v) is 15.4. The van der Waals surface area contributed by atoms with Gasteiger partial charge in [-0.05, 0) is 41.5 Å². The average molecular weight is 409 g/mol. The van der Waals surface area contributed by atoms with Crippen molar-refractivity contribution in [3.63, 3.8) is 0 Å². The predicted molar refractivity (Wildman–Crippen MR) is 102 cm³/mol. The Kier molecular flexibility index (Phi) is 7.76. The molecule has 0 bridgehead atoms. The van der Waals surface area contributed by atoms with Crippen molar-refractivity contribution in [2.75, 3.05) is 7.05 Å². The van der Waals surface area contributed by atoms with E-state index in [1.165, 1.54) is 37.4 Å². The lowest BCUT2D eigenvalue weighted by atomic mass is 10.1. The molecule has 0 aliphatic heterocycles. The van der Waals surface area contributed by atoms with Crippen molar-refractivity contribution >= 4 is 23.6 Å². The Labute approximate surface area is 165 Å². The summed E-state index contributed by atoms with van der Waals surface area (Å²) in [5.41, 5.74) is 7.36. The highest BCUT2D eigenvalue weighted by Crippen LogP contribution is 2.17. The van der Waals surface area contributed by atoms with Gasteiger partial charge in [0.1, 0.15) is 5.75 Å². The number of halogens is 4. The normalized spacial score (nSPS) is 12.0. The summed E-state index contributed by atoms with van der Waals surface area (Å²) in [7, 11) is 1.44. The molecule has 0 saturated carbocycles. The number of benzene rings is 2. The number of guanidine groups is 1. The van der Waals surface area contributed by atoms with Crippen LogP contribution >= 0.6 is 0 Å². The van der Waals surface area contributed by atoms with Crippen LogP contribution in [-0.4, -0.2) is 36.9 Å². The molecular formula is C20H19F4N3O2. The number of nitrogens with two attached hydrogens (primary N) is 1. The van der Waals surface area contributed by atoms with Crippen LogP contribution in [0, 0.1) is 0 Å². The second-order valence-corrected chi connectivity index (χ2v) is 5.91. The van der Waals surface area contributed by atoms with Crippen molar-refractivity contribution in [2.45, 2.75) is 19.5 Å².